The molecule has 4 aromatic carbocycles. The number of hydrogen-bond acceptors (Lipinski definition) is 5. The minimum absolute atomic E-state index is 0.316. The van der Waals surface area contributed by atoms with Gasteiger partial charge in [0.15, 0.2) is 5.66 Å². The number of benzene rings is 4. The lowest BCUT2D eigenvalue weighted by Crippen LogP contribution is -2.18. The summed E-state index contributed by atoms with van der Waals surface area (Å²) in [6.07, 6.45) is 0. The molecular weight excluding hydrogens is 413 g/mol. The van der Waals surface area contributed by atoms with E-state index in [2.05, 4.69) is 0 Å². The molecule has 6 nitrogen and oxygen atoms in total. The van der Waals surface area contributed by atoms with Gasteiger partial charge in [-0.05, 0) is 46.7 Å². The highest BCUT2D eigenvalue weighted by Gasteiger charge is 2.44. The number of fused-ring (bicyclic) bond motifs is 1. The van der Waals surface area contributed by atoms with E-state index in [1.165, 1.54) is 0 Å². The SMILES string of the molecule is O=[N+]([O-])C[C@@H](c1ccc2ccccc2c1)P(=O)(Oc1ccccc1)Oc1ccccc1. The molecule has 0 unspecified atom stereocenters. The van der Waals surface area contributed by atoms with Gasteiger partial charge < -0.3 is 9.05 Å². The molecule has 0 saturated carbocycles. The van der Waals surface area contributed by atoms with Crippen molar-refractivity contribution in [2.75, 3.05) is 6.54 Å². The number of hydrogen-bond donors (Lipinski definition) is 0. The van der Waals surface area contributed by atoms with E-state index in [9.17, 15) is 14.7 Å². The minimum atomic E-state index is -4.07. The summed E-state index contributed by atoms with van der Waals surface area (Å²) in [6, 6.07) is 30.2. The van der Waals surface area contributed by atoms with E-state index in [1.54, 1.807) is 72.8 Å². The van der Waals surface area contributed by atoms with Crippen molar-refractivity contribution in [3.8, 4) is 11.5 Å². The molecule has 0 fully saturated rings. The monoisotopic (exact) mass is 433 g/mol. The maximum absolute atomic E-state index is 14.2. The van der Waals surface area contributed by atoms with E-state index in [0.29, 0.717) is 17.1 Å². The predicted molar refractivity (Wildman–Crippen MR) is 120 cm³/mol. The standard InChI is InChI=1S/C24H20NO5P/c26-25(27)18-24(21-16-15-19-9-7-8-10-20(19)17-21)31(28,29-22-11-3-1-4-12-22)30-23-13-5-2-6-14-23/h1-17,24H,18H2/t24-/m0/s1. The van der Waals surface area contributed by atoms with Gasteiger partial charge in [0.25, 0.3) is 0 Å². The zero-order valence-corrected chi connectivity index (χ0v) is 17.4. The van der Waals surface area contributed by atoms with Crippen LogP contribution in [0.2, 0.25) is 0 Å². The summed E-state index contributed by atoms with van der Waals surface area (Å²) in [5, 5.41) is 13.4. The summed E-state index contributed by atoms with van der Waals surface area (Å²) in [6.45, 7) is -0.602. The minimum Gasteiger partial charge on any atom is -0.415 e. The maximum atomic E-state index is 14.2. The smallest absolute Gasteiger partial charge is 0.415 e. The fraction of sp³-hybridized carbons (Fsp3) is 0.0833. The van der Waals surface area contributed by atoms with Gasteiger partial charge in [-0.15, -0.1) is 0 Å². The van der Waals surface area contributed by atoms with Crippen molar-refractivity contribution in [3.63, 3.8) is 0 Å². The summed E-state index contributed by atoms with van der Waals surface area (Å²) in [5.74, 6) is 0.631. The Labute approximate surface area is 179 Å². The van der Waals surface area contributed by atoms with Gasteiger partial charge in [0, 0.05) is 4.92 Å². The van der Waals surface area contributed by atoms with E-state index in [-0.39, 0.29) is 0 Å². The number of rotatable bonds is 8. The summed E-state index contributed by atoms with van der Waals surface area (Å²) < 4.78 is 25.9. The topological polar surface area (TPSA) is 78.7 Å². The summed E-state index contributed by atoms with van der Waals surface area (Å²) in [5.41, 5.74) is -0.585. The van der Waals surface area contributed by atoms with Gasteiger partial charge in [-0.25, -0.2) is 4.57 Å². The van der Waals surface area contributed by atoms with Gasteiger partial charge in [-0.1, -0.05) is 72.8 Å². The molecule has 0 amide bonds. The van der Waals surface area contributed by atoms with Crippen LogP contribution in [0.4, 0.5) is 0 Å². The molecule has 7 heteroatoms. The third-order valence-corrected chi connectivity index (χ3v) is 6.97. The molecule has 0 bridgehead atoms. The molecule has 0 spiro atoms. The van der Waals surface area contributed by atoms with Crippen LogP contribution in [0, 0.1) is 10.1 Å². The van der Waals surface area contributed by atoms with Crippen molar-refractivity contribution >= 4 is 18.4 Å². The predicted octanol–water partition coefficient (Wildman–Crippen LogP) is 6.51. The first-order valence-corrected chi connectivity index (χ1v) is 11.3. The van der Waals surface area contributed by atoms with Crippen LogP contribution >= 0.6 is 7.60 Å². The Hall–Kier alpha value is -3.63. The molecule has 0 aliphatic heterocycles. The van der Waals surface area contributed by atoms with Crippen LogP contribution in [0.1, 0.15) is 11.2 Å². The van der Waals surface area contributed by atoms with E-state index in [0.717, 1.165) is 10.8 Å². The highest BCUT2D eigenvalue weighted by molar-refractivity contribution is 7.55. The van der Waals surface area contributed by atoms with Gasteiger partial charge in [-0.2, -0.15) is 0 Å². The second kappa shape index (κ2) is 9.02. The van der Waals surface area contributed by atoms with Crippen LogP contribution in [0.5, 0.6) is 11.5 Å². The van der Waals surface area contributed by atoms with Crippen molar-refractivity contribution in [2.24, 2.45) is 0 Å². The largest absolute Gasteiger partial charge is 0.444 e. The van der Waals surface area contributed by atoms with Gasteiger partial charge in [-0.3, -0.25) is 10.1 Å². The molecule has 0 aliphatic rings. The van der Waals surface area contributed by atoms with Crippen LogP contribution < -0.4 is 9.05 Å². The Morgan fingerprint density at radius 2 is 1.26 bits per heavy atom. The fourth-order valence-electron chi connectivity index (χ4n) is 3.35. The molecule has 0 aromatic heterocycles. The second-order valence-corrected chi connectivity index (χ2v) is 9.05. The Kier molecular flexibility index (Phi) is 6.01. The summed E-state index contributed by atoms with van der Waals surface area (Å²) in [7, 11) is -4.07. The number of nitrogens with zero attached hydrogens (tertiary/aromatic N) is 1. The molecule has 1 atom stereocenters. The van der Waals surface area contributed by atoms with Crippen molar-refractivity contribution < 1.29 is 18.5 Å². The molecule has 156 valence electrons. The first-order valence-electron chi connectivity index (χ1n) is 9.73. The lowest BCUT2D eigenvalue weighted by atomic mass is 10.0. The number of para-hydroxylation sites is 2. The average Bonchev–Trinajstić information content (AvgIpc) is 2.78. The van der Waals surface area contributed by atoms with E-state index < -0.39 is 24.7 Å². The third-order valence-electron chi connectivity index (χ3n) is 4.81. The van der Waals surface area contributed by atoms with Crippen LogP contribution in [0.15, 0.2) is 103 Å². The second-order valence-electron chi connectivity index (χ2n) is 6.99. The molecule has 0 radical (unpaired) electrons. The van der Waals surface area contributed by atoms with Crippen molar-refractivity contribution in [3.05, 3.63) is 119 Å². The van der Waals surface area contributed by atoms with Gasteiger partial charge in [0.2, 0.25) is 6.54 Å². The fourth-order valence-corrected chi connectivity index (χ4v) is 5.33. The molecular formula is C24H20NO5P. The van der Waals surface area contributed by atoms with E-state index in [4.69, 9.17) is 9.05 Å². The Bertz CT molecular complexity index is 1180. The highest BCUT2D eigenvalue weighted by Crippen LogP contribution is 2.60. The van der Waals surface area contributed by atoms with E-state index >= 15 is 0 Å². The van der Waals surface area contributed by atoms with Gasteiger partial charge >= 0.3 is 7.60 Å². The maximum Gasteiger partial charge on any atom is 0.444 e. The number of nitro groups is 1. The molecule has 0 heterocycles. The quantitative estimate of drug-likeness (QED) is 0.180. The molecule has 31 heavy (non-hydrogen) atoms. The normalized spacial score (nSPS) is 12.3. The third kappa shape index (κ3) is 4.93. The zero-order valence-electron chi connectivity index (χ0n) is 16.5. The van der Waals surface area contributed by atoms with Crippen LogP contribution in [-0.2, 0) is 4.57 Å². The zero-order chi connectivity index (χ0) is 21.7. The molecule has 4 aromatic rings. The molecule has 0 aliphatic carbocycles. The lowest BCUT2D eigenvalue weighted by Gasteiger charge is -2.26. The summed E-state index contributed by atoms with van der Waals surface area (Å²) >= 11 is 0. The van der Waals surface area contributed by atoms with Crippen LogP contribution in [0.25, 0.3) is 10.8 Å². The average molecular weight is 433 g/mol. The van der Waals surface area contributed by atoms with E-state index in [1.807, 2.05) is 30.3 Å². The highest BCUT2D eigenvalue weighted by atomic mass is 31.2. The molecule has 0 saturated heterocycles. The molecule has 0 N–H and O–H groups in total. The Morgan fingerprint density at radius 3 is 1.81 bits per heavy atom. The Balaban J connectivity index is 1.82. The van der Waals surface area contributed by atoms with Crippen LogP contribution in [-0.4, -0.2) is 11.5 Å². The van der Waals surface area contributed by atoms with Crippen molar-refractivity contribution in [1.82, 2.24) is 0 Å². The van der Waals surface area contributed by atoms with Crippen LogP contribution in [0.3, 0.4) is 0 Å². The van der Waals surface area contributed by atoms with Crippen molar-refractivity contribution in [1.29, 1.82) is 0 Å². The van der Waals surface area contributed by atoms with Gasteiger partial charge in [0.1, 0.15) is 11.5 Å². The Morgan fingerprint density at radius 1 is 0.742 bits per heavy atom. The van der Waals surface area contributed by atoms with Gasteiger partial charge in [0.05, 0.1) is 0 Å². The summed E-state index contributed by atoms with van der Waals surface area (Å²) in [4.78, 5) is 11.1. The molecule has 4 rings (SSSR count). The first-order chi connectivity index (χ1) is 15.0. The van der Waals surface area contributed by atoms with Crippen molar-refractivity contribution in [2.45, 2.75) is 5.66 Å². The first kappa shape index (κ1) is 20.6. The lowest BCUT2D eigenvalue weighted by molar-refractivity contribution is -0.480.